The van der Waals surface area contributed by atoms with Gasteiger partial charge in [-0.25, -0.2) is 4.79 Å². The SMILES string of the molecule is CC[C@@H]1/C=C(\C)C[C@H](C)C[C@H](OC)[C@@H](O)[C@@H](OC)C[C@H](C)[C@](O)(C=O)C(=O)N2CCCC[C@H]2C(=O)O[C@H](/C(C)=C/[C@@H]2CC[C@@H](O)[C@H](OC)C2)[C@H](C)[C@@H](O)CC1=O. The minimum atomic E-state index is -2.54. The first-order valence-corrected chi connectivity index (χ1v) is 20.7. The molecule has 0 aromatic rings. The van der Waals surface area contributed by atoms with E-state index >= 15 is 0 Å². The molecule has 13 nitrogen and oxygen atoms in total. The fraction of sp³-hybridized carbons (Fsp3) is 0.814. The lowest BCUT2D eigenvalue weighted by atomic mass is 9.81. The van der Waals surface area contributed by atoms with E-state index in [2.05, 4.69) is 0 Å². The average molecular weight is 794 g/mol. The average Bonchev–Trinajstić information content (AvgIpc) is 3.18. The minimum absolute atomic E-state index is 0.00667. The Morgan fingerprint density at radius 1 is 0.911 bits per heavy atom. The Kier molecular flexibility index (Phi) is 18.8. The lowest BCUT2D eigenvalue weighted by Gasteiger charge is -2.41. The van der Waals surface area contributed by atoms with Crippen molar-refractivity contribution in [1.29, 1.82) is 0 Å². The van der Waals surface area contributed by atoms with Gasteiger partial charge in [-0.1, -0.05) is 45.4 Å². The van der Waals surface area contributed by atoms with Crippen LogP contribution in [0.2, 0.25) is 0 Å². The van der Waals surface area contributed by atoms with Gasteiger partial charge in [0.15, 0.2) is 6.29 Å². The van der Waals surface area contributed by atoms with Crippen molar-refractivity contribution in [2.24, 2.45) is 29.6 Å². The quantitative estimate of drug-likeness (QED) is 0.125. The fourth-order valence-corrected chi connectivity index (χ4v) is 9.00. The standard InChI is InChI=1S/C43H71NO12/c1-10-31-18-25(2)17-26(3)19-37(54-8)39(49)38(55-9)21-28(5)43(52,24-45)42(51)44-16-12-11-13-32(44)41(50)56-40(29(6)34(47)23-35(31)48)27(4)20-30-14-15-33(46)36(22-30)53-7/h18,20,24,26,28-34,36-40,46-47,49,52H,10-17,19,21-23H2,1-9H3/b25-18+,27-20+/t26-,28-,29+,30-,31+,32-,33+,34-,36+,37-,38-,39+,40+,43+/m0/s1. The fourth-order valence-electron chi connectivity index (χ4n) is 9.00. The van der Waals surface area contributed by atoms with Crippen molar-refractivity contribution in [3.63, 3.8) is 0 Å². The van der Waals surface area contributed by atoms with E-state index < -0.39 is 77.9 Å². The number of aldehydes is 1. The monoisotopic (exact) mass is 793 g/mol. The summed E-state index contributed by atoms with van der Waals surface area (Å²) in [6.45, 7) is 11.1. The van der Waals surface area contributed by atoms with Crippen LogP contribution in [0, 0.1) is 29.6 Å². The Morgan fingerprint density at radius 2 is 1.55 bits per heavy atom. The maximum absolute atomic E-state index is 14.3. The van der Waals surface area contributed by atoms with Gasteiger partial charge in [0.05, 0.1) is 30.5 Å². The van der Waals surface area contributed by atoms with Crippen LogP contribution in [0.1, 0.15) is 112 Å². The molecule has 1 saturated carbocycles. The Hall–Kier alpha value is -2.52. The number of aliphatic hydroxyl groups is 4. The molecule has 3 rings (SSSR count). The number of fused-ring (bicyclic) bond motifs is 1. The summed E-state index contributed by atoms with van der Waals surface area (Å²) in [4.78, 5) is 56.2. The molecule has 2 heterocycles. The highest BCUT2D eigenvalue weighted by atomic mass is 16.5. The number of carbonyl (C=O) groups is 4. The second-order valence-corrected chi connectivity index (χ2v) is 17.0. The number of rotatable bonds is 7. The van der Waals surface area contributed by atoms with Gasteiger partial charge in [0.1, 0.15) is 24.0 Å². The van der Waals surface area contributed by atoms with Gasteiger partial charge in [0, 0.05) is 52.0 Å². The van der Waals surface area contributed by atoms with Gasteiger partial charge in [-0.3, -0.25) is 14.4 Å². The number of carbonyl (C=O) groups excluding carboxylic acids is 4. The van der Waals surface area contributed by atoms with Crippen LogP contribution in [0.5, 0.6) is 0 Å². The molecule has 2 aliphatic heterocycles. The summed E-state index contributed by atoms with van der Waals surface area (Å²) in [6.07, 6.45) is 2.74. The zero-order chi connectivity index (χ0) is 41.9. The molecule has 13 heteroatoms. The zero-order valence-electron chi connectivity index (χ0n) is 35.2. The highest BCUT2D eigenvalue weighted by Gasteiger charge is 2.49. The van der Waals surface area contributed by atoms with Crippen molar-refractivity contribution in [1.82, 2.24) is 4.90 Å². The summed E-state index contributed by atoms with van der Waals surface area (Å²) >= 11 is 0. The third-order valence-electron chi connectivity index (χ3n) is 12.7. The van der Waals surface area contributed by atoms with Crippen LogP contribution in [0.25, 0.3) is 0 Å². The topological polar surface area (TPSA) is 189 Å². The molecule has 0 spiro atoms. The predicted molar refractivity (Wildman–Crippen MR) is 210 cm³/mol. The number of esters is 1. The number of Topliss-reactive ketones (excluding diaryl/α,β-unsaturated/α-hetero) is 1. The molecule has 14 atom stereocenters. The Bertz CT molecular complexity index is 1370. The third-order valence-corrected chi connectivity index (χ3v) is 12.7. The molecule has 1 saturated heterocycles. The largest absolute Gasteiger partial charge is 0.456 e. The number of hydrogen-bond donors (Lipinski definition) is 4. The van der Waals surface area contributed by atoms with Gasteiger partial charge >= 0.3 is 5.97 Å². The van der Waals surface area contributed by atoms with E-state index in [-0.39, 0.29) is 55.8 Å². The molecular weight excluding hydrogens is 722 g/mol. The van der Waals surface area contributed by atoms with Gasteiger partial charge in [-0.15, -0.1) is 0 Å². The number of methoxy groups -OCH3 is 3. The minimum Gasteiger partial charge on any atom is -0.456 e. The molecule has 320 valence electrons. The van der Waals surface area contributed by atoms with Crippen LogP contribution in [-0.4, -0.2) is 132 Å². The lowest BCUT2D eigenvalue weighted by Crippen LogP contribution is -2.60. The molecule has 0 aromatic carbocycles. The second-order valence-electron chi connectivity index (χ2n) is 17.0. The van der Waals surface area contributed by atoms with E-state index in [1.165, 1.54) is 26.0 Å². The first kappa shape index (κ1) is 47.9. The van der Waals surface area contributed by atoms with E-state index in [9.17, 15) is 39.6 Å². The zero-order valence-corrected chi connectivity index (χ0v) is 35.2. The van der Waals surface area contributed by atoms with Crippen LogP contribution in [0.3, 0.4) is 0 Å². The van der Waals surface area contributed by atoms with Crippen LogP contribution in [-0.2, 0) is 38.1 Å². The summed E-state index contributed by atoms with van der Waals surface area (Å²) in [5.41, 5.74) is -0.905. The van der Waals surface area contributed by atoms with Gasteiger partial charge in [0.25, 0.3) is 5.91 Å². The number of aliphatic hydroxyl groups excluding tert-OH is 3. The lowest BCUT2D eigenvalue weighted by molar-refractivity contribution is -0.175. The van der Waals surface area contributed by atoms with Crippen molar-refractivity contribution < 1.29 is 58.6 Å². The first-order chi connectivity index (χ1) is 26.4. The molecule has 0 radical (unpaired) electrons. The summed E-state index contributed by atoms with van der Waals surface area (Å²) in [7, 11) is 4.46. The molecular formula is C43H71NO12. The normalized spacial score (nSPS) is 40.7. The smallest absolute Gasteiger partial charge is 0.329 e. The third kappa shape index (κ3) is 12.0. The maximum Gasteiger partial charge on any atom is 0.329 e. The van der Waals surface area contributed by atoms with E-state index in [0.29, 0.717) is 56.9 Å². The molecule has 0 bridgehead atoms. The number of allylic oxidation sites excluding steroid dienone is 3. The number of hydrogen-bond acceptors (Lipinski definition) is 12. The van der Waals surface area contributed by atoms with E-state index in [0.717, 1.165) is 5.57 Å². The molecule has 2 fully saturated rings. The van der Waals surface area contributed by atoms with E-state index in [1.807, 2.05) is 39.8 Å². The van der Waals surface area contributed by atoms with E-state index in [4.69, 9.17) is 18.9 Å². The van der Waals surface area contributed by atoms with Crippen molar-refractivity contribution >= 4 is 23.9 Å². The van der Waals surface area contributed by atoms with Gasteiger partial charge in [-0.05, 0) is 95.5 Å². The second kappa shape index (κ2) is 22.0. The van der Waals surface area contributed by atoms with Gasteiger partial charge < -0.3 is 44.3 Å². The number of ether oxygens (including phenoxy) is 4. The number of cyclic esters (lactones) is 1. The van der Waals surface area contributed by atoms with Crippen LogP contribution in [0.15, 0.2) is 23.3 Å². The number of amides is 1. The van der Waals surface area contributed by atoms with Crippen LogP contribution in [0.4, 0.5) is 0 Å². The first-order valence-electron chi connectivity index (χ1n) is 20.7. The highest BCUT2D eigenvalue weighted by molar-refractivity contribution is 6.01. The van der Waals surface area contributed by atoms with Crippen molar-refractivity contribution in [2.45, 2.75) is 167 Å². The number of nitrogens with zero attached hydrogens (tertiary/aromatic N) is 1. The summed E-state index contributed by atoms with van der Waals surface area (Å²) in [5.74, 6) is -4.00. The Balaban J connectivity index is 2.10. The highest BCUT2D eigenvalue weighted by Crippen LogP contribution is 2.34. The molecule has 4 N–H and O–H groups in total. The molecule has 0 unspecified atom stereocenters. The van der Waals surface area contributed by atoms with Gasteiger partial charge in [0.2, 0.25) is 5.60 Å². The van der Waals surface area contributed by atoms with Crippen molar-refractivity contribution in [3.05, 3.63) is 23.3 Å². The maximum atomic E-state index is 14.3. The number of piperidine rings is 1. The predicted octanol–water partition coefficient (Wildman–Crippen LogP) is 4.11. The van der Waals surface area contributed by atoms with Gasteiger partial charge in [-0.2, -0.15) is 0 Å². The Morgan fingerprint density at radius 3 is 2.16 bits per heavy atom. The summed E-state index contributed by atoms with van der Waals surface area (Å²) in [5, 5.41) is 45.3. The summed E-state index contributed by atoms with van der Waals surface area (Å²) < 4.78 is 23.2. The molecule has 56 heavy (non-hydrogen) atoms. The molecule has 3 aliphatic rings. The number of ketones is 1. The molecule has 0 aromatic heterocycles. The molecule has 1 aliphatic carbocycles. The van der Waals surface area contributed by atoms with Crippen LogP contribution >= 0.6 is 0 Å². The van der Waals surface area contributed by atoms with E-state index in [1.54, 1.807) is 14.0 Å². The van der Waals surface area contributed by atoms with Crippen molar-refractivity contribution in [3.8, 4) is 0 Å². The summed E-state index contributed by atoms with van der Waals surface area (Å²) in [6, 6.07) is -1.13. The van der Waals surface area contributed by atoms with Crippen LogP contribution < -0.4 is 0 Å². The van der Waals surface area contributed by atoms with Crippen molar-refractivity contribution in [2.75, 3.05) is 27.9 Å². The molecule has 1 amide bonds. The Labute approximate surface area is 334 Å².